The van der Waals surface area contributed by atoms with Crippen LogP contribution in [-0.4, -0.2) is 55.2 Å². The van der Waals surface area contributed by atoms with Gasteiger partial charge in [0.2, 0.25) is 5.75 Å². The molecule has 1 aromatic heterocycles. The maximum absolute atomic E-state index is 12.7. The summed E-state index contributed by atoms with van der Waals surface area (Å²) in [4.78, 5) is 48.8. The number of rotatable bonds is 6. The van der Waals surface area contributed by atoms with E-state index in [0.717, 1.165) is 29.2 Å². The molecule has 2 amide bonds. The molecule has 12 nitrogen and oxygen atoms in total. The van der Waals surface area contributed by atoms with E-state index in [2.05, 4.69) is 0 Å². The number of thiocarbonyl (C=S) groups is 1. The lowest BCUT2D eigenvalue weighted by Crippen LogP contribution is -2.52. The van der Waals surface area contributed by atoms with Gasteiger partial charge in [0.15, 0.2) is 5.11 Å². The van der Waals surface area contributed by atoms with Gasteiger partial charge in [0, 0.05) is 37.2 Å². The van der Waals surface area contributed by atoms with Crippen molar-refractivity contribution in [2.75, 3.05) is 14.1 Å². The molecule has 13 heteroatoms. The van der Waals surface area contributed by atoms with Crippen molar-refractivity contribution in [3.63, 3.8) is 0 Å². The van der Waals surface area contributed by atoms with E-state index in [9.17, 15) is 29.8 Å². The Kier molecular flexibility index (Phi) is 6.79. The van der Waals surface area contributed by atoms with Crippen molar-refractivity contribution < 1.29 is 24.2 Å². The minimum absolute atomic E-state index is 0.00251. The van der Waals surface area contributed by atoms with Crippen molar-refractivity contribution >= 4 is 46.6 Å². The van der Waals surface area contributed by atoms with E-state index in [1.54, 1.807) is 30.3 Å². The number of aryl methyl sites for hydroxylation is 1. The highest BCUT2D eigenvalue weighted by molar-refractivity contribution is 7.80. The van der Waals surface area contributed by atoms with Crippen LogP contribution in [0.5, 0.6) is 11.5 Å². The number of nitro groups is 2. The summed E-state index contributed by atoms with van der Waals surface area (Å²) in [6, 6.07) is 11.7. The molecule has 1 aliphatic rings. The zero-order valence-electron chi connectivity index (χ0n) is 20.7. The Morgan fingerprint density at radius 2 is 1.50 bits per heavy atom. The van der Waals surface area contributed by atoms with E-state index in [1.807, 2.05) is 24.5 Å². The topological polar surface area (TPSA) is 141 Å². The largest absolute Gasteiger partial charge is 0.450 e. The normalized spacial score (nSPS) is 13.7. The first-order chi connectivity index (χ1) is 17.9. The molecule has 1 aliphatic heterocycles. The maximum atomic E-state index is 12.7. The highest BCUT2D eigenvalue weighted by Gasteiger charge is 2.35. The number of non-ortho nitro benzene ring substituents is 1. The molecule has 0 radical (unpaired) electrons. The average Bonchev–Trinajstić information content (AvgIpc) is 3.17. The van der Waals surface area contributed by atoms with Crippen LogP contribution in [0.3, 0.4) is 0 Å². The van der Waals surface area contributed by atoms with Gasteiger partial charge in [0.1, 0.15) is 11.3 Å². The first-order valence-electron chi connectivity index (χ1n) is 11.1. The summed E-state index contributed by atoms with van der Waals surface area (Å²) >= 11 is 5.13. The molecule has 0 unspecified atom stereocenters. The fourth-order valence-electron chi connectivity index (χ4n) is 4.10. The van der Waals surface area contributed by atoms with Crippen LogP contribution in [-0.2, 0) is 9.59 Å². The highest BCUT2D eigenvalue weighted by atomic mass is 32.1. The molecule has 4 rings (SSSR count). The molecule has 0 saturated carbocycles. The predicted octanol–water partition coefficient (Wildman–Crippen LogP) is 4.30. The van der Waals surface area contributed by atoms with Crippen LogP contribution in [0.4, 0.5) is 11.4 Å². The van der Waals surface area contributed by atoms with Gasteiger partial charge < -0.3 is 9.30 Å². The Balaban J connectivity index is 1.64. The molecular formula is C25H21N5O7S. The lowest BCUT2D eigenvalue weighted by molar-refractivity contribution is -0.394. The van der Waals surface area contributed by atoms with Crippen molar-refractivity contribution in [3.05, 3.63) is 91.3 Å². The molecule has 1 saturated heterocycles. The molecule has 3 aromatic rings. The molecule has 0 atom stereocenters. The summed E-state index contributed by atoms with van der Waals surface area (Å²) in [5, 5.41) is 22.5. The lowest BCUT2D eigenvalue weighted by Gasteiger charge is -2.31. The van der Waals surface area contributed by atoms with Gasteiger partial charge in [-0.1, -0.05) is 0 Å². The average molecular weight is 536 g/mol. The Labute approximate surface area is 221 Å². The fraction of sp³-hybridized carbons (Fsp3) is 0.160. The summed E-state index contributed by atoms with van der Waals surface area (Å²) in [6.45, 7) is 3.72. The molecule has 0 N–H and O–H groups in total. The molecule has 0 aliphatic carbocycles. The quantitative estimate of drug-likeness (QED) is 0.150. The molecule has 38 heavy (non-hydrogen) atoms. The summed E-state index contributed by atoms with van der Waals surface area (Å²) in [5.74, 6) is -0.808. The van der Waals surface area contributed by atoms with Gasteiger partial charge in [-0.05, 0) is 74.1 Å². The second kappa shape index (κ2) is 9.86. The summed E-state index contributed by atoms with van der Waals surface area (Å²) < 4.78 is 7.55. The van der Waals surface area contributed by atoms with Crippen LogP contribution in [0.15, 0.2) is 54.1 Å². The Morgan fingerprint density at radius 3 is 2.05 bits per heavy atom. The minimum Gasteiger partial charge on any atom is -0.450 e. The van der Waals surface area contributed by atoms with Gasteiger partial charge in [0.25, 0.3) is 17.5 Å². The number of amides is 2. The van der Waals surface area contributed by atoms with E-state index in [-0.39, 0.29) is 22.2 Å². The Bertz CT molecular complexity index is 1530. The first-order valence-corrected chi connectivity index (χ1v) is 11.5. The number of likely N-dealkylation sites (N-methyl/N-ethyl adjacent to an activating group) is 2. The van der Waals surface area contributed by atoms with E-state index in [4.69, 9.17) is 17.0 Å². The van der Waals surface area contributed by atoms with Crippen LogP contribution in [0.25, 0.3) is 11.8 Å². The third-order valence-electron chi connectivity index (χ3n) is 6.09. The number of carbonyl (C=O) groups excluding carboxylic acids is 2. The second-order valence-electron chi connectivity index (χ2n) is 8.49. The van der Waals surface area contributed by atoms with Crippen molar-refractivity contribution in [2.45, 2.75) is 13.8 Å². The SMILES string of the molecule is Cc1cc(C=C2C(=O)N(C)C(=S)N(C)C2=O)c(C)n1-c1ccc(Oc2ccc([N+](=O)[O-])cc2[N+](=O)[O-])cc1. The van der Waals surface area contributed by atoms with Crippen molar-refractivity contribution in [1.82, 2.24) is 14.4 Å². The third kappa shape index (κ3) is 4.62. The maximum Gasteiger partial charge on any atom is 0.318 e. The molecule has 2 heterocycles. The van der Waals surface area contributed by atoms with E-state index >= 15 is 0 Å². The first kappa shape index (κ1) is 26.2. The van der Waals surface area contributed by atoms with Crippen LogP contribution < -0.4 is 4.74 Å². The monoisotopic (exact) mass is 535 g/mol. The number of aromatic nitrogens is 1. The summed E-state index contributed by atoms with van der Waals surface area (Å²) in [7, 11) is 3.03. The van der Waals surface area contributed by atoms with Crippen molar-refractivity contribution in [2.24, 2.45) is 0 Å². The van der Waals surface area contributed by atoms with E-state index < -0.39 is 33.0 Å². The Morgan fingerprint density at radius 1 is 0.895 bits per heavy atom. The van der Waals surface area contributed by atoms with Crippen LogP contribution in [0.1, 0.15) is 17.0 Å². The van der Waals surface area contributed by atoms with Gasteiger partial charge in [-0.3, -0.25) is 39.6 Å². The predicted molar refractivity (Wildman–Crippen MR) is 141 cm³/mol. The van der Waals surface area contributed by atoms with E-state index in [1.165, 1.54) is 30.0 Å². The van der Waals surface area contributed by atoms with Gasteiger partial charge in [-0.2, -0.15) is 0 Å². The standard InChI is InChI=1S/C25H21N5O7S/c1-14-11-16(12-20-23(31)26(3)25(38)27(4)24(20)32)15(2)28(14)17-5-8-19(9-6-17)37-22-10-7-18(29(33)34)13-21(22)30(35)36/h5-13H,1-4H3. The van der Waals surface area contributed by atoms with Gasteiger partial charge in [0.05, 0.1) is 15.9 Å². The third-order valence-corrected chi connectivity index (χ3v) is 6.63. The van der Waals surface area contributed by atoms with Crippen molar-refractivity contribution in [3.8, 4) is 17.2 Å². The molecule has 194 valence electrons. The fourth-order valence-corrected chi connectivity index (χ4v) is 4.27. The van der Waals surface area contributed by atoms with Gasteiger partial charge in [-0.15, -0.1) is 0 Å². The molecule has 1 fully saturated rings. The minimum atomic E-state index is -0.746. The number of hydrogen-bond acceptors (Lipinski definition) is 8. The second-order valence-corrected chi connectivity index (χ2v) is 8.86. The van der Waals surface area contributed by atoms with Crippen LogP contribution in [0.2, 0.25) is 0 Å². The zero-order valence-corrected chi connectivity index (χ0v) is 21.5. The molecule has 0 spiro atoms. The lowest BCUT2D eigenvalue weighted by atomic mass is 10.1. The highest BCUT2D eigenvalue weighted by Crippen LogP contribution is 2.35. The van der Waals surface area contributed by atoms with Gasteiger partial charge in [-0.25, -0.2) is 0 Å². The number of nitro benzene ring substituents is 2. The number of benzene rings is 2. The molecule has 2 aromatic carbocycles. The van der Waals surface area contributed by atoms with Crippen LogP contribution in [0, 0.1) is 34.1 Å². The number of ether oxygens (including phenoxy) is 1. The number of carbonyl (C=O) groups is 2. The molecular weight excluding hydrogens is 514 g/mol. The summed E-state index contributed by atoms with van der Waals surface area (Å²) in [5.41, 5.74) is 2.08. The van der Waals surface area contributed by atoms with E-state index in [0.29, 0.717) is 5.56 Å². The smallest absolute Gasteiger partial charge is 0.318 e. The van der Waals surface area contributed by atoms with Gasteiger partial charge >= 0.3 is 5.69 Å². The van der Waals surface area contributed by atoms with Crippen molar-refractivity contribution in [1.29, 1.82) is 0 Å². The zero-order chi connectivity index (χ0) is 27.9. The Hall–Kier alpha value is -4.91. The molecule has 0 bridgehead atoms. The number of hydrogen-bond donors (Lipinski definition) is 0. The van der Waals surface area contributed by atoms with Crippen LogP contribution >= 0.6 is 12.2 Å². The summed E-state index contributed by atoms with van der Waals surface area (Å²) in [6.07, 6.45) is 1.55. The number of nitrogens with zero attached hydrogens (tertiary/aromatic N) is 5.